The standard InChI is InChI=1S/C15H18O/c1-15(11-7-3-2-4-8-11)13-10-6-5-9-12(13)14(15)16/h2-4,7-8,12-13H,5-6,9-10H2,1H3/t12-,13+,15-/m1/s1. The molecule has 1 nitrogen and oxygen atoms in total. The fourth-order valence-electron chi connectivity index (χ4n) is 3.75. The minimum Gasteiger partial charge on any atom is -0.298 e. The number of carbonyl (C=O) groups is 1. The van der Waals surface area contributed by atoms with Crippen molar-refractivity contribution >= 4 is 5.78 Å². The van der Waals surface area contributed by atoms with Crippen molar-refractivity contribution in [2.45, 2.75) is 38.0 Å². The summed E-state index contributed by atoms with van der Waals surface area (Å²) in [4.78, 5) is 12.3. The van der Waals surface area contributed by atoms with Crippen LogP contribution in [0.1, 0.15) is 38.2 Å². The Hall–Kier alpha value is -1.11. The van der Waals surface area contributed by atoms with Gasteiger partial charge in [-0.1, -0.05) is 43.2 Å². The number of rotatable bonds is 1. The van der Waals surface area contributed by atoms with Crippen molar-refractivity contribution in [1.29, 1.82) is 0 Å². The van der Waals surface area contributed by atoms with E-state index in [0.717, 1.165) is 6.42 Å². The van der Waals surface area contributed by atoms with Gasteiger partial charge in [0.2, 0.25) is 0 Å². The smallest absolute Gasteiger partial charge is 0.146 e. The molecule has 0 aromatic heterocycles. The number of hydrogen-bond donors (Lipinski definition) is 0. The molecule has 2 saturated carbocycles. The van der Waals surface area contributed by atoms with E-state index < -0.39 is 0 Å². The molecule has 1 aromatic rings. The minimum atomic E-state index is -0.174. The van der Waals surface area contributed by atoms with Gasteiger partial charge in [-0.05, 0) is 31.2 Å². The zero-order valence-electron chi connectivity index (χ0n) is 9.78. The van der Waals surface area contributed by atoms with Crippen molar-refractivity contribution in [2.75, 3.05) is 0 Å². The van der Waals surface area contributed by atoms with E-state index in [0.29, 0.717) is 17.6 Å². The van der Waals surface area contributed by atoms with Crippen LogP contribution < -0.4 is 0 Å². The lowest BCUT2D eigenvalue weighted by Crippen LogP contribution is -2.60. The van der Waals surface area contributed by atoms with Gasteiger partial charge in [-0.15, -0.1) is 0 Å². The van der Waals surface area contributed by atoms with Gasteiger partial charge in [0.15, 0.2) is 0 Å². The Balaban J connectivity index is 1.97. The van der Waals surface area contributed by atoms with E-state index >= 15 is 0 Å². The van der Waals surface area contributed by atoms with Crippen LogP contribution in [-0.2, 0) is 10.2 Å². The number of hydrogen-bond acceptors (Lipinski definition) is 1. The monoisotopic (exact) mass is 214 g/mol. The largest absolute Gasteiger partial charge is 0.298 e. The van der Waals surface area contributed by atoms with Crippen molar-refractivity contribution in [3.8, 4) is 0 Å². The molecule has 16 heavy (non-hydrogen) atoms. The minimum absolute atomic E-state index is 0.174. The Kier molecular flexibility index (Phi) is 2.17. The third-order valence-corrected chi connectivity index (χ3v) is 4.73. The first-order chi connectivity index (χ1) is 7.74. The fraction of sp³-hybridized carbons (Fsp3) is 0.533. The van der Waals surface area contributed by atoms with E-state index in [2.05, 4.69) is 19.1 Å². The van der Waals surface area contributed by atoms with Crippen LogP contribution in [0.25, 0.3) is 0 Å². The van der Waals surface area contributed by atoms with Crippen LogP contribution in [0.2, 0.25) is 0 Å². The number of fused-ring (bicyclic) bond motifs is 1. The second kappa shape index (κ2) is 3.44. The molecule has 0 saturated heterocycles. The number of Topliss-reactive ketones (excluding diaryl/α,β-unsaturated/α-hetero) is 1. The molecule has 2 aliphatic carbocycles. The Morgan fingerprint density at radius 2 is 1.81 bits per heavy atom. The SMILES string of the molecule is C[C@]1(c2ccccc2)C(=O)[C@@H]2CCCC[C@@H]21. The van der Waals surface area contributed by atoms with Gasteiger partial charge >= 0.3 is 0 Å². The lowest BCUT2D eigenvalue weighted by atomic mass is 9.47. The summed E-state index contributed by atoms with van der Waals surface area (Å²) in [6, 6.07) is 10.3. The summed E-state index contributed by atoms with van der Waals surface area (Å²) < 4.78 is 0. The van der Waals surface area contributed by atoms with Crippen molar-refractivity contribution in [1.82, 2.24) is 0 Å². The van der Waals surface area contributed by atoms with Crippen LogP contribution in [0.4, 0.5) is 0 Å². The molecule has 1 heteroatoms. The number of carbonyl (C=O) groups excluding carboxylic acids is 1. The molecule has 0 amide bonds. The maximum Gasteiger partial charge on any atom is 0.146 e. The third-order valence-electron chi connectivity index (χ3n) is 4.73. The highest BCUT2D eigenvalue weighted by Crippen LogP contribution is 2.55. The summed E-state index contributed by atoms with van der Waals surface area (Å²) in [6.45, 7) is 2.15. The van der Waals surface area contributed by atoms with Crippen molar-refractivity contribution in [3.05, 3.63) is 35.9 Å². The number of benzene rings is 1. The summed E-state index contributed by atoms with van der Waals surface area (Å²) in [5.74, 6) is 1.47. The van der Waals surface area contributed by atoms with E-state index in [1.54, 1.807) is 0 Å². The van der Waals surface area contributed by atoms with E-state index in [4.69, 9.17) is 0 Å². The summed E-state index contributed by atoms with van der Waals surface area (Å²) in [7, 11) is 0. The lowest BCUT2D eigenvalue weighted by Gasteiger charge is -2.54. The van der Waals surface area contributed by atoms with E-state index in [-0.39, 0.29) is 5.41 Å². The van der Waals surface area contributed by atoms with Crippen molar-refractivity contribution in [3.63, 3.8) is 0 Å². The highest BCUT2D eigenvalue weighted by Gasteiger charge is 2.59. The molecule has 0 spiro atoms. The predicted molar refractivity (Wildman–Crippen MR) is 64.2 cm³/mol. The highest BCUT2D eigenvalue weighted by molar-refractivity contribution is 5.98. The highest BCUT2D eigenvalue weighted by atomic mass is 16.1. The summed E-state index contributed by atoms with van der Waals surface area (Å²) in [5.41, 5.74) is 1.05. The Bertz CT molecular complexity index is 409. The summed E-state index contributed by atoms with van der Waals surface area (Å²) in [6.07, 6.45) is 4.92. The molecule has 3 rings (SSSR count). The topological polar surface area (TPSA) is 17.1 Å². The Morgan fingerprint density at radius 3 is 2.56 bits per heavy atom. The summed E-state index contributed by atoms with van der Waals surface area (Å²) >= 11 is 0. The Morgan fingerprint density at radius 1 is 1.12 bits per heavy atom. The average molecular weight is 214 g/mol. The molecule has 0 heterocycles. The van der Waals surface area contributed by atoms with E-state index in [9.17, 15) is 4.79 Å². The van der Waals surface area contributed by atoms with E-state index in [1.807, 2.05) is 18.2 Å². The van der Waals surface area contributed by atoms with Crippen LogP contribution in [0.3, 0.4) is 0 Å². The molecule has 2 aliphatic rings. The van der Waals surface area contributed by atoms with Gasteiger partial charge in [-0.2, -0.15) is 0 Å². The molecule has 84 valence electrons. The van der Waals surface area contributed by atoms with Crippen LogP contribution in [0, 0.1) is 11.8 Å². The fourth-order valence-corrected chi connectivity index (χ4v) is 3.75. The molecule has 0 unspecified atom stereocenters. The van der Waals surface area contributed by atoms with Crippen LogP contribution in [0.15, 0.2) is 30.3 Å². The molecule has 0 N–H and O–H groups in total. The molecule has 0 bridgehead atoms. The molecule has 2 fully saturated rings. The van der Waals surface area contributed by atoms with Gasteiger partial charge in [-0.3, -0.25) is 4.79 Å². The zero-order valence-corrected chi connectivity index (χ0v) is 9.78. The Labute approximate surface area is 96.9 Å². The third kappa shape index (κ3) is 1.15. The molecule has 3 atom stereocenters. The molecule has 0 radical (unpaired) electrons. The van der Waals surface area contributed by atoms with Gasteiger partial charge in [-0.25, -0.2) is 0 Å². The maximum absolute atomic E-state index is 12.3. The van der Waals surface area contributed by atoms with Crippen LogP contribution >= 0.6 is 0 Å². The quantitative estimate of drug-likeness (QED) is 0.700. The molecule has 0 aliphatic heterocycles. The van der Waals surface area contributed by atoms with Crippen LogP contribution in [0.5, 0.6) is 0 Å². The van der Waals surface area contributed by atoms with Gasteiger partial charge < -0.3 is 0 Å². The van der Waals surface area contributed by atoms with Crippen LogP contribution in [-0.4, -0.2) is 5.78 Å². The lowest BCUT2D eigenvalue weighted by molar-refractivity contribution is -0.149. The van der Waals surface area contributed by atoms with Gasteiger partial charge in [0.1, 0.15) is 5.78 Å². The first kappa shape index (κ1) is 10.1. The zero-order chi connectivity index (χ0) is 11.2. The maximum atomic E-state index is 12.3. The first-order valence-corrected chi connectivity index (χ1v) is 6.34. The molecular formula is C15H18O. The number of ketones is 1. The second-order valence-electron chi connectivity index (χ2n) is 5.43. The van der Waals surface area contributed by atoms with Crippen molar-refractivity contribution < 1.29 is 4.79 Å². The van der Waals surface area contributed by atoms with Gasteiger partial charge in [0.05, 0.1) is 5.41 Å². The second-order valence-corrected chi connectivity index (χ2v) is 5.43. The molecule has 1 aromatic carbocycles. The summed E-state index contributed by atoms with van der Waals surface area (Å²) in [5, 5.41) is 0. The average Bonchev–Trinajstić information content (AvgIpc) is 2.38. The van der Waals surface area contributed by atoms with Gasteiger partial charge in [0.25, 0.3) is 0 Å². The van der Waals surface area contributed by atoms with Gasteiger partial charge in [0, 0.05) is 5.92 Å². The van der Waals surface area contributed by atoms with E-state index in [1.165, 1.54) is 24.8 Å². The first-order valence-electron chi connectivity index (χ1n) is 6.34. The normalized spacial score (nSPS) is 37.7. The molecular weight excluding hydrogens is 196 g/mol. The predicted octanol–water partition coefficient (Wildman–Crippen LogP) is 3.33. The van der Waals surface area contributed by atoms with Crippen molar-refractivity contribution in [2.24, 2.45) is 11.8 Å².